The summed E-state index contributed by atoms with van der Waals surface area (Å²) >= 11 is 0. The summed E-state index contributed by atoms with van der Waals surface area (Å²) in [6.07, 6.45) is 6.69. The maximum Gasteiger partial charge on any atom is -0.0160 e. The highest BCUT2D eigenvalue weighted by molar-refractivity contribution is 5.28. The highest BCUT2D eigenvalue weighted by Crippen LogP contribution is 2.50. The van der Waals surface area contributed by atoms with E-state index < -0.39 is 0 Å². The van der Waals surface area contributed by atoms with Crippen LogP contribution >= 0.6 is 0 Å². The van der Waals surface area contributed by atoms with Gasteiger partial charge < -0.3 is 0 Å². The third kappa shape index (κ3) is 0.367. The largest absolute Gasteiger partial charge is 0.0842 e. The molecule has 0 bridgehead atoms. The lowest BCUT2D eigenvalue weighted by Crippen LogP contribution is -2.32. The molecule has 0 N–H and O–H groups in total. The molecule has 0 saturated heterocycles. The van der Waals surface area contributed by atoms with Crippen LogP contribution in [-0.2, 0) is 0 Å². The predicted octanol–water partition coefficient (Wildman–Crippen LogP) is 2.36. The average molecular weight is 108 g/mol. The Hall–Kier alpha value is -0.260. The van der Waals surface area contributed by atoms with Crippen molar-refractivity contribution in [1.29, 1.82) is 0 Å². The van der Waals surface area contributed by atoms with Gasteiger partial charge in [0.2, 0.25) is 0 Å². The van der Waals surface area contributed by atoms with Crippen LogP contribution in [0.25, 0.3) is 0 Å². The van der Waals surface area contributed by atoms with Crippen molar-refractivity contribution in [3.8, 4) is 0 Å². The molecule has 0 amide bonds. The fourth-order valence-electron chi connectivity index (χ4n) is 1.87. The van der Waals surface area contributed by atoms with Gasteiger partial charge in [0.15, 0.2) is 0 Å². The van der Waals surface area contributed by atoms with Gasteiger partial charge in [0, 0.05) is 0 Å². The molecule has 2 aliphatic rings. The van der Waals surface area contributed by atoms with Crippen LogP contribution in [0.3, 0.4) is 0 Å². The lowest BCUT2D eigenvalue weighted by Gasteiger charge is -2.44. The molecule has 0 heterocycles. The van der Waals surface area contributed by atoms with Gasteiger partial charge in [0.1, 0.15) is 0 Å². The number of hydrogen-bond donors (Lipinski definition) is 0. The first-order valence-electron chi connectivity index (χ1n) is 3.61. The number of hydrogen-bond acceptors (Lipinski definition) is 0. The summed E-state index contributed by atoms with van der Waals surface area (Å²) in [5, 5.41) is 0. The molecule has 0 aromatic carbocycles. The van der Waals surface area contributed by atoms with Crippen molar-refractivity contribution in [3.05, 3.63) is 11.6 Å². The molecule has 1 saturated carbocycles. The molecule has 0 heteroatoms. The van der Waals surface area contributed by atoms with Gasteiger partial charge in [0.25, 0.3) is 0 Å². The molecule has 0 nitrogen and oxygen atoms in total. The van der Waals surface area contributed by atoms with Gasteiger partial charge in [-0.05, 0) is 31.1 Å². The minimum Gasteiger partial charge on any atom is -0.0842 e. The average Bonchev–Trinajstić information content (AvgIpc) is 1.76. The van der Waals surface area contributed by atoms with E-state index in [1.165, 1.54) is 19.3 Å². The van der Waals surface area contributed by atoms with E-state index in [0.717, 1.165) is 11.8 Å². The summed E-state index contributed by atoms with van der Waals surface area (Å²) in [4.78, 5) is 0. The van der Waals surface area contributed by atoms with E-state index >= 15 is 0 Å². The fourth-order valence-corrected chi connectivity index (χ4v) is 1.87. The van der Waals surface area contributed by atoms with Gasteiger partial charge in [-0.2, -0.15) is 0 Å². The Labute approximate surface area is 50.6 Å². The molecule has 44 valence electrons. The molecule has 2 unspecified atom stereocenters. The summed E-state index contributed by atoms with van der Waals surface area (Å²) in [5.74, 6) is 2.06. The van der Waals surface area contributed by atoms with E-state index in [1.807, 2.05) is 0 Å². The molecule has 0 aromatic rings. The third-order valence-corrected chi connectivity index (χ3v) is 2.64. The molecule has 8 heavy (non-hydrogen) atoms. The van der Waals surface area contributed by atoms with Gasteiger partial charge in [-0.15, -0.1) is 0 Å². The monoisotopic (exact) mass is 108 g/mol. The second-order valence-electron chi connectivity index (χ2n) is 2.98. The molecular formula is C8H12. The zero-order valence-electron chi connectivity index (χ0n) is 5.35. The first-order valence-corrected chi connectivity index (χ1v) is 3.61. The van der Waals surface area contributed by atoms with Crippen molar-refractivity contribution < 1.29 is 0 Å². The highest BCUT2D eigenvalue weighted by atomic mass is 14.4. The van der Waals surface area contributed by atoms with Crippen LogP contribution in [0.1, 0.15) is 26.2 Å². The molecule has 0 spiro atoms. The van der Waals surface area contributed by atoms with Gasteiger partial charge in [-0.25, -0.2) is 0 Å². The summed E-state index contributed by atoms with van der Waals surface area (Å²) < 4.78 is 0. The topological polar surface area (TPSA) is 0 Å². The van der Waals surface area contributed by atoms with E-state index in [9.17, 15) is 0 Å². The zero-order valence-corrected chi connectivity index (χ0v) is 5.35. The van der Waals surface area contributed by atoms with Crippen molar-refractivity contribution in [3.63, 3.8) is 0 Å². The van der Waals surface area contributed by atoms with Crippen molar-refractivity contribution in [2.24, 2.45) is 11.8 Å². The van der Waals surface area contributed by atoms with E-state index in [-0.39, 0.29) is 0 Å². The highest BCUT2D eigenvalue weighted by Gasteiger charge is 2.37. The Kier molecular flexibility index (Phi) is 0.787. The minimum absolute atomic E-state index is 1.01. The van der Waals surface area contributed by atoms with Crippen LogP contribution in [-0.4, -0.2) is 0 Å². The van der Waals surface area contributed by atoms with Crippen LogP contribution in [0, 0.1) is 11.8 Å². The van der Waals surface area contributed by atoms with Crippen molar-refractivity contribution in [1.82, 2.24) is 0 Å². The van der Waals surface area contributed by atoms with Gasteiger partial charge in [0.05, 0.1) is 0 Å². The summed E-state index contributed by atoms with van der Waals surface area (Å²) in [6.45, 7) is 2.29. The van der Waals surface area contributed by atoms with E-state index in [4.69, 9.17) is 0 Å². The van der Waals surface area contributed by atoms with Crippen molar-refractivity contribution >= 4 is 0 Å². The van der Waals surface area contributed by atoms with Crippen LogP contribution in [0.5, 0.6) is 0 Å². The van der Waals surface area contributed by atoms with E-state index in [0.29, 0.717) is 0 Å². The second-order valence-corrected chi connectivity index (χ2v) is 2.98. The number of rotatable bonds is 1. The van der Waals surface area contributed by atoms with Gasteiger partial charge in [-0.1, -0.05) is 18.6 Å². The molecule has 0 radical (unpaired) electrons. The molecule has 0 aromatic heterocycles. The summed E-state index contributed by atoms with van der Waals surface area (Å²) in [6, 6.07) is 0. The predicted molar refractivity (Wildman–Crippen MR) is 34.6 cm³/mol. The maximum absolute atomic E-state index is 2.42. The van der Waals surface area contributed by atoms with Crippen LogP contribution in [0.4, 0.5) is 0 Å². The van der Waals surface area contributed by atoms with E-state index in [1.54, 1.807) is 5.57 Å². The Morgan fingerprint density at radius 1 is 1.75 bits per heavy atom. The molecular weight excluding hydrogens is 96.1 g/mol. The maximum atomic E-state index is 2.42. The smallest absolute Gasteiger partial charge is 0.0160 e. The minimum atomic E-state index is 1.01. The fraction of sp³-hybridized carbons (Fsp3) is 0.750. The Morgan fingerprint density at radius 2 is 2.62 bits per heavy atom. The molecule has 2 aliphatic carbocycles. The SMILES string of the molecule is CCC1CC2CC=C12. The lowest BCUT2D eigenvalue weighted by molar-refractivity contribution is 0.271. The first-order chi connectivity index (χ1) is 3.92. The number of fused-ring (bicyclic) bond motifs is 1. The van der Waals surface area contributed by atoms with Crippen molar-refractivity contribution in [2.45, 2.75) is 26.2 Å². The third-order valence-electron chi connectivity index (χ3n) is 2.64. The Bertz CT molecular complexity index is 133. The van der Waals surface area contributed by atoms with Gasteiger partial charge >= 0.3 is 0 Å². The van der Waals surface area contributed by atoms with Crippen LogP contribution in [0.15, 0.2) is 11.6 Å². The second kappa shape index (κ2) is 1.37. The molecule has 2 rings (SSSR count). The molecule has 2 atom stereocenters. The summed E-state index contributed by atoms with van der Waals surface area (Å²) in [5.41, 5.74) is 1.78. The zero-order chi connectivity index (χ0) is 5.56. The first kappa shape index (κ1) is 4.60. The standard InChI is InChI=1S/C8H12/c1-2-6-5-7-3-4-8(6)7/h4,6-7H,2-3,5H2,1H3. The number of allylic oxidation sites excluding steroid dienone is 2. The van der Waals surface area contributed by atoms with Crippen molar-refractivity contribution in [2.75, 3.05) is 0 Å². The van der Waals surface area contributed by atoms with Crippen LogP contribution < -0.4 is 0 Å². The van der Waals surface area contributed by atoms with Crippen LogP contribution in [0.2, 0.25) is 0 Å². The Morgan fingerprint density at radius 3 is 2.75 bits per heavy atom. The quantitative estimate of drug-likeness (QED) is 0.452. The molecule has 0 aliphatic heterocycles. The summed E-state index contributed by atoms with van der Waals surface area (Å²) in [7, 11) is 0. The Balaban J connectivity index is 2.05. The van der Waals surface area contributed by atoms with Gasteiger partial charge in [-0.3, -0.25) is 0 Å². The van der Waals surface area contributed by atoms with E-state index in [2.05, 4.69) is 13.0 Å². The lowest BCUT2D eigenvalue weighted by atomic mass is 9.61. The molecule has 1 fully saturated rings. The normalized spacial score (nSPS) is 41.4.